The molecule has 0 spiro atoms. The summed E-state index contributed by atoms with van der Waals surface area (Å²) >= 11 is 0. The molecule has 1 saturated heterocycles. The van der Waals surface area contributed by atoms with Crippen LogP contribution in [0, 0.1) is 5.92 Å². The van der Waals surface area contributed by atoms with Crippen molar-refractivity contribution in [3.05, 3.63) is 29.8 Å². The van der Waals surface area contributed by atoms with Gasteiger partial charge in [0.2, 0.25) is 0 Å². The summed E-state index contributed by atoms with van der Waals surface area (Å²) in [7, 11) is 1.74. The molecule has 0 saturated carbocycles. The molecule has 1 aliphatic rings. The molecule has 0 aliphatic carbocycles. The molecule has 0 unspecified atom stereocenters. The number of anilines is 1. The van der Waals surface area contributed by atoms with Gasteiger partial charge >= 0.3 is 6.03 Å². The lowest BCUT2D eigenvalue weighted by Crippen LogP contribution is -2.34. The monoisotopic (exact) mass is 319 g/mol. The fourth-order valence-electron chi connectivity index (χ4n) is 3.00. The molecular formula is C18H29N3O2. The van der Waals surface area contributed by atoms with Crippen LogP contribution in [-0.2, 0) is 11.2 Å². The van der Waals surface area contributed by atoms with Crippen molar-refractivity contribution in [1.29, 1.82) is 0 Å². The maximum atomic E-state index is 12.0. The molecule has 0 radical (unpaired) electrons. The van der Waals surface area contributed by atoms with Crippen LogP contribution in [0.3, 0.4) is 0 Å². The van der Waals surface area contributed by atoms with E-state index in [1.54, 1.807) is 7.11 Å². The predicted molar refractivity (Wildman–Crippen MR) is 93.9 cm³/mol. The average molecular weight is 319 g/mol. The van der Waals surface area contributed by atoms with Crippen LogP contribution in [0.2, 0.25) is 0 Å². The minimum absolute atomic E-state index is 0.115. The van der Waals surface area contributed by atoms with E-state index in [1.165, 1.54) is 5.56 Å². The van der Waals surface area contributed by atoms with Gasteiger partial charge in [-0.25, -0.2) is 4.79 Å². The Bertz CT molecular complexity index is 493. The van der Waals surface area contributed by atoms with Gasteiger partial charge in [-0.1, -0.05) is 19.1 Å². The summed E-state index contributed by atoms with van der Waals surface area (Å²) in [6.07, 6.45) is 3.20. The zero-order valence-corrected chi connectivity index (χ0v) is 14.3. The van der Waals surface area contributed by atoms with Crippen LogP contribution in [0.1, 0.15) is 25.3 Å². The van der Waals surface area contributed by atoms with Crippen molar-refractivity contribution in [1.82, 2.24) is 10.2 Å². The number of urea groups is 1. The number of likely N-dealkylation sites (tertiary alicyclic amines) is 1. The first-order valence-electron chi connectivity index (χ1n) is 8.56. The Morgan fingerprint density at radius 3 is 3.09 bits per heavy atom. The SMILES string of the molecule is CCc1cccc(NC(=O)NC[C@H]2CCN(CCCOC)C2)c1. The molecule has 2 amide bonds. The van der Waals surface area contributed by atoms with E-state index in [2.05, 4.69) is 28.5 Å². The van der Waals surface area contributed by atoms with Gasteiger partial charge in [-0.05, 0) is 49.4 Å². The van der Waals surface area contributed by atoms with Gasteiger partial charge in [-0.3, -0.25) is 0 Å². The van der Waals surface area contributed by atoms with E-state index in [0.29, 0.717) is 5.92 Å². The highest BCUT2D eigenvalue weighted by molar-refractivity contribution is 5.89. The fourth-order valence-corrected chi connectivity index (χ4v) is 3.00. The first kappa shape index (κ1) is 17.8. The quantitative estimate of drug-likeness (QED) is 0.725. The van der Waals surface area contributed by atoms with Gasteiger partial charge in [0.15, 0.2) is 0 Å². The van der Waals surface area contributed by atoms with Gasteiger partial charge in [0.25, 0.3) is 0 Å². The molecule has 1 aromatic carbocycles. The zero-order chi connectivity index (χ0) is 16.5. The maximum absolute atomic E-state index is 12.0. The summed E-state index contributed by atoms with van der Waals surface area (Å²) < 4.78 is 5.09. The first-order chi connectivity index (χ1) is 11.2. The molecule has 128 valence electrons. The van der Waals surface area contributed by atoms with Crippen LogP contribution < -0.4 is 10.6 Å². The molecule has 0 bridgehead atoms. The topological polar surface area (TPSA) is 53.6 Å². The van der Waals surface area contributed by atoms with Crippen molar-refractivity contribution < 1.29 is 9.53 Å². The Morgan fingerprint density at radius 1 is 1.43 bits per heavy atom. The highest BCUT2D eigenvalue weighted by Crippen LogP contribution is 2.16. The minimum atomic E-state index is -0.115. The van der Waals surface area contributed by atoms with Gasteiger partial charge in [0, 0.05) is 39.0 Å². The number of methoxy groups -OCH3 is 1. The lowest BCUT2D eigenvalue weighted by Gasteiger charge is -2.16. The van der Waals surface area contributed by atoms with Crippen molar-refractivity contribution in [3.63, 3.8) is 0 Å². The van der Waals surface area contributed by atoms with E-state index in [4.69, 9.17) is 4.74 Å². The normalized spacial score (nSPS) is 18.1. The second-order valence-electron chi connectivity index (χ2n) is 6.19. The van der Waals surface area contributed by atoms with E-state index in [-0.39, 0.29) is 6.03 Å². The maximum Gasteiger partial charge on any atom is 0.319 e. The number of hydrogen-bond acceptors (Lipinski definition) is 3. The van der Waals surface area contributed by atoms with Gasteiger partial charge < -0.3 is 20.3 Å². The van der Waals surface area contributed by atoms with Crippen molar-refractivity contribution in [2.75, 3.05) is 45.2 Å². The number of nitrogens with one attached hydrogen (secondary N) is 2. The number of carbonyl (C=O) groups excluding carboxylic acids is 1. The Labute approximate surface area is 139 Å². The molecule has 2 rings (SSSR count). The number of carbonyl (C=O) groups is 1. The molecule has 1 heterocycles. The zero-order valence-electron chi connectivity index (χ0n) is 14.3. The predicted octanol–water partition coefficient (Wildman–Crippen LogP) is 2.73. The third-order valence-electron chi connectivity index (χ3n) is 4.34. The van der Waals surface area contributed by atoms with Crippen LogP contribution in [0.4, 0.5) is 10.5 Å². The second kappa shape index (κ2) is 9.53. The first-order valence-corrected chi connectivity index (χ1v) is 8.56. The smallest absolute Gasteiger partial charge is 0.319 e. The van der Waals surface area contributed by atoms with E-state index in [9.17, 15) is 4.79 Å². The van der Waals surface area contributed by atoms with Crippen molar-refractivity contribution >= 4 is 11.7 Å². The fraction of sp³-hybridized carbons (Fsp3) is 0.611. The van der Waals surface area contributed by atoms with Crippen molar-refractivity contribution in [3.8, 4) is 0 Å². The molecule has 23 heavy (non-hydrogen) atoms. The summed E-state index contributed by atoms with van der Waals surface area (Å²) in [4.78, 5) is 14.5. The number of rotatable bonds is 8. The van der Waals surface area contributed by atoms with E-state index in [0.717, 1.165) is 57.7 Å². The Balaban J connectivity index is 1.66. The lowest BCUT2D eigenvalue weighted by atomic mass is 10.1. The van der Waals surface area contributed by atoms with Crippen LogP contribution in [0.5, 0.6) is 0 Å². The summed E-state index contributed by atoms with van der Waals surface area (Å²) in [5, 5.41) is 5.91. The second-order valence-corrected chi connectivity index (χ2v) is 6.19. The summed E-state index contributed by atoms with van der Waals surface area (Å²) in [5.74, 6) is 0.547. The van der Waals surface area contributed by atoms with Gasteiger partial charge in [0.05, 0.1) is 0 Å². The van der Waals surface area contributed by atoms with E-state index < -0.39 is 0 Å². The van der Waals surface area contributed by atoms with Crippen LogP contribution in [0.15, 0.2) is 24.3 Å². The molecule has 5 nitrogen and oxygen atoms in total. The van der Waals surface area contributed by atoms with E-state index >= 15 is 0 Å². The molecule has 0 aromatic heterocycles. The molecule has 2 N–H and O–H groups in total. The number of ether oxygens (including phenoxy) is 1. The largest absolute Gasteiger partial charge is 0.385 e. The number of aryl methyl sites for hydroxylation is 1. The number of hydrogen-bond donors (Lipinski definition) is 2. The Hall–Kier alpha value is -1.59. The molecule has 1 fully saturated rings. The van der Waals surface area contributed by atoms with Crippen LogP contribution >= 0.6 is 0 Å². The molecule has 1 aromatic rings. The van der Waals surface area contributed by atoms with Gasteiger partial charge in [-0.15, -0.1) is 0 Å². The average Bonchev–Trinajstić information content (AvgIpc) is 3.01. The summed E-state index contributed by atoms with van der Waals surface area (Å²) in [6.45, 7) is 6.93. The lowest BCUT2D eigenvalue weighted by molar-refractivity contribution is 0.178. The Morgan fingerprint density at radius 2 is 2.30 bits per heavy atom. The molecule has 1 aliphatic heterocycles. The molecule has 5 heteroatoms. The third-order valence-corrected chi connectivity index (χ3v) is 4.34. The summed E-state index contributed by atoms with van der Waals surface area (Å²) in [5.41, 5.74) is 2.08. The van der Waals surface area contributed by atoms with Gasteiger partial charge in [-0.2, -0.15) is 0 Å². The van der Waals surface area contributed by atoms with Crippen molar-refractivity contribution in [2.45, 2.75) is 26.2 Å². The Kier molecular flexibility index (Phi) is 7.36. The standard InChI is InChI=1S/C18H29N3O2/c1-3-15-6-4-7-17(12-15)20-18(22)19-13-16-8-10-21(14-16)9-5-11-23-2/h4,6-7,12,16H,3,5,8-11,13-14H2,1-2H3,(H2,19,20,22)/t16-/m1/s1. The van der Waals surface area contributed by atoms with E-state index in [1.807, 2.05) is 18.2 Å². The molecule has 1 atom stereocenters. The highest BCUT2D eigenvalue weighted by Gasteiger charge is 2.22. The van der Waals surface area contributed by atoms with Crippen LogP contribution in [-0.4, -0.2) is 50.8 Å². The third kappa shape index (κ3) is 6.20. The van der Waals surface area contributed by atoms with Crippen molar-refractivity contribution in [2.24, 2.45) is 5.92 Å². The number of amides is 2. The highest BCUT2D eigenvalue weighted by atomic mass is 16.5. The van der Waals surface area contributed by atoms with Crippen LogP contribution in [0.25, 0.3) is 0 Å². The number of nitrogens with zero attached hydrogens (tertiary/aromatic N) is 1. The summed E-state index contributed by atoms with van der Waals surface area (Å²) in [6, 6.07) is 7.87. The van der Waals surface area contributed by atoms with Gasteiger partial charge in [0.1, 0.15) is 0 Å². The number of benzene rings is 1. The minimum Gasteiger partial charge on any atom is -0.385 e. The molecular weight excluding hydrogens is 290 g/mol.